The first-order valence-electron chi connectivity index (χ1n) is 8.63. The summed E-state index contributed by atoms with van der Waals surface area (Å²) in [4.78, 5) is 36.3. The minimum atomic E-state index is -1.12. The highest BCUT2D eigenvalue weighted by molar-refractivity contribution is 5.96. The van der Waals surface area contributed by atoms with Crippen LogP contribution in [0.2, 0.25) is 0 Å². The molecule has 0 bridgehead atoms. The number of nitrogens with one attached hydrogen (secondary N) is 2. The zero-order valence-corrected chi connectivity index (χ0v) is 15.9. The van der Waals surface area contributed by atoms with Gasteiger partial charge < -0.3 is 14.2 Å². The van der Waals surface area contributed by atoms with Crippen molar-refractivity contribution >= 4 is 17.8 Å². The van der Waals surface area contributed by atoms with Crippen LogP contribution in [0.25, 0.3) is 0 Å². The lowest BCUT2D eigenvalue weighted by Crippen LogP contribution is -2.46. The third-order valence-electron chi connectivity index (χ3n) is 3.69. The van der Waals surface area contributed by atoms with Gasteiger partial charge in [0.2, 0.25) is 0 Å². The predicted octanol–water partition coefficient (Wildman–Crippen LogP) is 2.10. The Morgan fingerprint density at radius 3 is 2.32 bits per heavy atom. The van der Waals surface area contributed by atoms with Crippen LogP contribution in [0.1, 0.15) is 34.6 Å². The lowest BCUT2D eigenvalue weighted by Gasteiger charge is -2.15. The molecule has 0 unspecified atom stereocenters. The van der Waals surface area contributed by atoms with Gasteiger partial charge in [-0.1, -0.05) is 18.2 Å². The molecule has 0 aromatic heterocycles. The minimum Gasteiger partial charge on any atom is -0.493 e. The summed E-state index contributed by atoms with van der Waals surface area (Å²) in [6.07, 6.45) is -1.12. The highest BCUT2D eigenvalue weighted by Crippen LogP contribution is 2.28. The fourth-order valence-electron chi connectivity index (χ4n) is 2.24. The van der Waals surface area contributed by atoms with Crippen LogP contribution in [0.4, 0.5) is 0 Å². The molecule has 2 aromatic carbocycles. The Morgan fingerprint density at radius 2 is 1.68 bits per heavy atom. The summed E-state index contributed by atoms with van der Waals surface area (Å²) >= 11 is 0. The number of rotatable bonds is 7. The van der Waals surface area contributed by atoms with Gasteiger partial charge in [-0.05, 0) is 44.2 Å². The number of carbonyl (C=O) groups excluding carboxylic acids is 3. The monoisotopic (exact) mass is 386 g/mol. The lowest BCUT2D eigenvalue weighted by atomic mass is 10.2. The summed E-state index contributed by atoms with van der Waals surface area (Å²) in [6.45, 7) is 3.60. The smallest absolute Gasteiger partial charge is 0.339 e. The number of hydrogen-bond acceptors (Lipinski definition) is 6. The molecule has 0 spiro atoms. The van der Waals surface area contributed by atoms with Gasteiger partial charge in [-0.15, -0.1) is 0 Å². The number of ether oxygens (including phenoxy) is 3. The van der Waals surface area contributed by atoms with Crippen molar-refractivity contribution in [3.8, 4) is 11.5 Å². The van der Waals surface area contributed by atoms with Crippen molar-refractivity contribution in [1.82, 2.24) is 10.9 Å². The summed E-state index contributed by atoms with van der Waals surface area (Å²) in [5.41, 5.74) is 5.08. The van der Waals surface area contributed by atoms with Gasteiger partial charge in [0.05, 0.1) is 19.3 Å². The van der Waals surface area contributed by atoms with E-state index >= 15 is 0 Å². The zero-order valence-electron chi connectivity index (χ0n) is 15.9. The second-order valence-corrected chi connectivity index (χ2v) is 5.66. The van der Waals surface area contributed by atoms with Gasteiger partial charge in [0.25, 0.3) is 11.8 Å². The van der Waals surface area contributed by atoms with Gasteiger partial charge in [0.1, 0.15) is 0 Å². The average molecular weight is 386 g/mol. The second-order valence-electron chi connectivity index (χ2n) is 5.66. The van der Waals surface area contributed by atoms with Gasteiger partial charge >= 0.3 is 5.97 Å². The molecule has 8 nitrogen and oxygen atoms in total. The van der Waals surface area contributed by atoms with Crippen LogP contribution in [-0.2, 0) is 9.53 Å². The number of carbonyl (C=O) groups is 3. The summed E-state index contributed by atoms with van der Waals surface area (Å²) < 4.78 is 15.7. The number of benzene rings is 2. The molecule has 0 saturated carbocycles. The van der Waals surface area contributed by atoms with Crippen LogP contribution in [-0.4, -0.2) is 37.6 Å². The van der Waals surface area contributed by atoms with Crippen LogP contribution in [0.15, 0.2) is 48.5 Å². The molecule has 8 heteroatoms. The molecule has 28 heavy (non-hydrogen) atoms. The Labute approximate surface area is 162 Å². The van der Waals surface area contributed by atoms with Gasteiger partial charge in [0.15, 0.2) is 17.6 Å². The van der Waals surface area contributed by atoms with Crippen molar-refractivity contribution in [2.24, 2.45) is 0 Å². The standard InChI is InChI=1S/C20H22N2O6/c1-4-27-17-12-15(10-11-16(17)26-3)20(25)28-13(2)18(23)21-22-19(24)14-8-6-5-7-9-14/h5-13H,4H2,1-3H3,(H,21,23)(H,22,24)/t13-/m0/s1. The zero-order chi connectivity index (χ0) is 20.5. The van der Waals surface area contributed by atoms with Crippen molar-refractivity contribution in [1.29, 1.82) is 0 Å². The van der Waals surface area contributed by atoms with E-state index in [-0.39, 0.29) is 5.56 Å². The molecule has 2 aromatic rings. The molecule has 0 aliphatic carbocycles. The Balaban J connectivity index is 1.93. The van der Waals surface area contributed by atoms with Crippen LogP contribution < -0.4 is 20.3 Å². The molecule has 0 aliphatic heterocycles. The number of methoxy groups -OCH3 is 1. The molecular formula is C20H22N2O6. The fraction of sp³-hybridized carbons (Fsp3) is 0.250. The largest absolute Gasteiger partial charge is 0.493 e. The fourth-order valence-corrected chi connectivity index (χ4v) is 2.24. The first-order chi connectivity index (χ1) is 13.5. The maximum atomic E-state index is 12.3. The summed E-state index contributed by atoms with van der Waals surface area (Å²) in [7, 11) is 1.49. The summed E-state index contributed by atoms with van der Waals surface area (Å²) in [5, 5.41) is 0. The molecule has 0 fully saturated rings. The van der Waals surface area contributed by atoms with Crippen LogP contribution in [0.3, 0.4) is 0 Å². The molecule has 148 valence electrons. The third kappa shape index (κ3) is 5.47. The van der Waals surface area contributed by atoms with E-state index in [1.807, 2.05) is 0 Å². The Bertz CT molecular complexity index is 838. The molecule has 2 amide bonds. The van der Waals surface area contributed by atoms with Crippen molar-refractivity contribution in [3.05, 3.63) is 59.7 Å². The molecule has 1 atom stereocenters. The molecular weight excluding hydrogens is 364 g/mol. The van der Waals surface area contributed by atoms with E-state index in [0.717, 1.165) is 0 Å². The number of hydrogen-bond donors (Lipinski definition) is 2. The van der Waals surface area contributed by atoms with Crippen LogP contribution >= 0.6 is 0 Å². The molecule has 0 aliphatic rings. The predicted molar refractivity (Wildman–Crippen MR) is 101 cm³/mol. The third-order valence-corrected chi connectivity index (χ3v) is 3.69. The van der Waals surface area contributed by atoms with E-state index in [4.69, 9.17) is 14.2 Å². The number of hydrazine groups is 1. The average Bonchev–Trinajstić information content (AvgIpc) is 2.72. The highest BCUT2D eigenvalue weighted by Gasteiger charge is 2.20. The quantitative estimate of drug-likeness (QED) is 0.558. The van der Waals surface area contributed by atoms with E-state index in [9.17, 15) is 14.4 Å². The first-order valence-corrected chi connectivity index (χ1v) is 8.63. The van der Waals surface area contributed by atoms with Gasteiger partial charge in [0, 0.05) is 5.56 Å². The molecule has 2 rings (SSSR count). The minimum absolute atomic E-state index is 0.206. The molecule has 0 heterocycles. The van der Waals surface area contributed by atoms with Crippen LogP contribution in [0.5, 0.6) is 11.5 Å². The topological polar surface area (TPSA) is 103 Å². The van der Waals surface area contributed by atoms with Crippen molar-refractivity contribution in [2.45, 2.75) is 20.0 Å². The van der Waals surface area contributed by atoms with Gasteiger partial charge in [-0.2, -0.15) is 0 Å². The Hall–Kier alpha value is -3.55. The molecule has 0 saturated heterocycles. The highest BCUT2D eigenvalue weighted by atomic mass is 16.5. The molecule has 2 N–H and O–H groups in total. The van der Waals surface area contributed by atoms with Gasteiger partial charge in [-0.25, -0.2) is 4.79 Å². The van der Waals surface area contributed by atoms with Gasteiger partial charge in [-0.3, -0.25) is 20.4 Å². The maximum Gasteiger partial charge on any atom is 0.339 e. The van der Waals surface area contributed by atoms with Crippen molar-refractivity contribution in [2.75, 3.05) is 13.7 Å². The summed E-state index contributed by atoms with van der Waals surface area (Å²) in [6, 6.07) is 12.9. The van der Waals surface area contributed by atoms with E-state index in [0.29, 0.717) is 23.7 Å². The Morgan fingerprint density at radius 1 is 0.964 bits per heavy atom. The summed E-state index contributed by atoms with van der Waals surface area (Å²) in [5.74, 6) is -0.986. The number of esters is 1. The van der Waals surface area contributed by atoms with Crippen molar-refractivity contribution in [3.63, 3.8) is 0 Å². The maximum absolute atomic E-state index is 12.3. The van der Waals surface area contributed by atoms with E-state index in [2.05, 4.69) is 10.9 Å². The SMILES string of the molecule is CCOc1cc(C(=O)O[C@@H](C)C(=O)NNC(=O)c2ccccc2)ccc1OC. The van der Waals surface area contributed by atoms with E-state index in [1.165, 1.54) is 26.2 Å². The van der Waals surface area contributed by atoms with Crippen molar-refractivity contribution < 1.29 is 28.6 Å². The van der Waals surface area contributed by atoms with E-state index < -0.39 is 23.9 Å². The first kappa shape index (κ1) is 20.8. The second kappa shape index (κ2) is 9.96. The molecule has 0 radical (unpaired) electrons. The number of amides is 2. The van der Waals surface area contributed by atoms with E-state index in [1.54, 1.807) is 43.3 Å². The van der Waals surface area contributed by atoms with Crippen LogP contribution in [0, 0.1) is 0 Å². The Kier molecular flexibility index (Phi) is 7.38. The lowest BCUT2D eigenvalue weighted by molar-refractivity contribution is -0.129. The normalized spacial score (nSPS) is 11.1.